The maximum Gasteiger partial charge on any atom is 0.330 e. The number of hydrogen-bond donors (Lipinski definition) is 0. The lowest BCUT2D eigenvalue weighted by atomic mass is 10.1. The molecule has 2 aromatic rings. The van der Waals surface area contributed by atoms with Crippen molar-refractivity contribution in [3.05, 3.63) is 68.5 Å². The highest BCUT2D eigenvalue weighted by Crippen LogP contribution is 2.20. The quantitative estimate of drug-likeness (QED) is 0.615. The predicted molar refractivity (Wildman–Crippen MR) is 107 cm³/mol. The number of anilines is 1. The van der Waals surface area contributed by atoms with Crippen LogP contribution in [-0.2, 0) is 14.1 Å². The first-order chi connectivity index (χ1) is 13.0. The van der Waals surface area contributed by atoms with Crippen molar-refractivity contribution in [2.45, 2.75) is 25.7 Å². The van der Waals surface area contributed by atoms with Gasteiger partial charge in [0.1, 0.15) is 0 Å². The number of rotatable bonds is 4. The zero-order chi connectivity index (χ0) is 19.4. The van der Waals surface area contributed by atoms with Crippen LogP contribution in [0.15, 0.2) is 46.1 Å². The molecule has 142 valence electrons. The van der Waals surface area contributed by atoms with E-state index in [0.29, 0.717) is 11.1 Å². The third-order valence-electron chi connectivity index (χ3n) is 5.01. The lowest BCUT2D eigenvalue weighted by Crippen LogP contribution is -2.37. The number of aryl methyl sites for hydroxylation is 1. The van der Waals surface area contributed by atoms with Crippen molar-refractivity contribution in [1.82, 2.24) is 9.13 Å². The normalized spacial score (nSPS) is 15.1. The lowest BCUT2D eigenvalue weighted by molar-refractivity contribution is 0.104. The zero-order valence-electron chi connectivity index (χ0n) is 15.9. The molecule has 3 rings (SSSR count). The Morgan fingerprint density at radius 3 is 2.22 bits per heavy atom. The minimum Gasteiger partial charge on any atom is -0.372 e. The highest BCUT2D eigenvalue weighted by molar-refractivity contribution is 6.06. The predicted octanol–water partition coefficient (Wildman–Crippen LogP) is 2.36. The first kappa shape index (κ1) is 18.9. The van der Waals surface area contributed by atoms with Crippen molar-refractivity contribution in [2.24, 2.45) is 14.1 Å². The molecule has 0 unspecified atom stereocenters. The van der Waals surface area contributed by atoms with Crippen LogP contribution in [0.25, 0.3) is 6.08 Å². The Hall–Kier alpha value is -2.89. The Kier molecular flexibility index (Phi) is 5.74. The number of ketones is 1. The number of carbonyl (C=O) groups is 1. The van der Waals surface area contributed by atoms with Crippen molar-refractivity contribution >= 4 is 17.5 Å². The minimum atomic E-state index is -0.418. The number of nitrogens with zero attached hydrogens (tertiary/aromatic N) is 3. The number of allylic oxidation sites excluding steroid dienone is 1. The molecule has 0 amide bonds. The first-order valence-corrected chi connectivity index (χ1v) is 9.31. The van der Waals surface area contributed by atoms with E-state index >= 15 is 0 Å². The molecule has 2 heterocycles. The number of hydrogen-bond acceptors (Lipinski definition) is 4. The zero-order valence-corrected chi connectivity index (χ0v) is 15.9. The summed E-state index contributed by atoms with van der Waals surface area (Å²) in [6, 6.07) is 7.62. The molecule has 0 saturated carbocycles. The molecular formula is C21H25N3O3. The van der Waals surface area contributed by atoms with Crippen LogP contribution in [0.3, 0.4) is 0 Å². The van der Waals surface area contributed by atoms with Gasteiger partial charge in [-0.15, -0.1) is 0 Å². The second kappa shape index (κ2) is 8.20. The van der Waals surface area contributed by atoms with E-state index in [1.54, 1.807) is 7.05 Å². The molecular weight excluding hydrogens is 342 g/mol. The van der Waals surface area contributed by atoms with E-state index in [2.05, 4.69) is 4.90 Å². The molecule has 1 aromatic carbocycles. The maximum atomic E-state index is 12.4. The van der Waals surface area contributed by atoms with Gasteiger partial charge in [0.2, 0.25) is 0 Å². The second-order valence-corrected chi connectivity index (χ2v) is 6.99. The van der Waals surface area contributed by atoms with Gasteiger partial charge in [0.15, 0.2) is 5.78 Å². The summed E-state index contributed by atoms with van der Waals surface area (Å²) in [5.41, 5.74) is 1.20. The van der Waals surface area contributed by atoms with E-state index in [9.17, 15) is 14.4 Å². The Morgan fingerprint density at radius 2 is 1.59 bits per heavy atom. The molecule has 0 spiro atoms. The molecule has 1 fully saturated rings. The molecule has 1 aromatic heterocycles. The van der Waals surface area contributed by atoms with Crippen molar-refractivity contribution in [3.63, 3.8) is 0 Å². The molecule has 27 heavy (non-hydrogen) atoms. The summed E-state index contributed by atoms with van der Waals surface area (Å²) in [4.78, 5) is 38.6. The molecule has 0 radical (unpaired) electrons. The van der Waals surface area contributed by atoms with Gasteiger partial charge in [-0.25, -0.2) is 4.79 Å². The Bertz CT molecular complexity index is 960. The summed E-state index contributed by atoms with van der Waals surface area (Å²) >= 11 is 0. The number of carbonyl (C=O) groups excluding carboxylic acids is 1. The standard InChI is InChI=1S/C21H25N3O3/c1-22-15-17(20(26)23(2)21(22)27)9-12-19(25)16-7-10-18(11-8-16)24-13-5-3-4-6-14-24/h7-12,15H,3-6,13-14H2,1-2H3/b12-9+. The Morgan fingerprint density at radius 1 is 0.963 bits per heavy atom. The van der Waals surface area contributed by atoms with E-state index in [0.717, 1.165) is 23.3 Å². The SMILES string of the molecule is Cn1cc(/C=C/C(=O)c2ccc(N3CCCCCC3)cc2)c(=O)n(C)c1=O. The fraction of sp³-hybridized carbons (Fsp3) is 0.381. The second-order valence-electron chi connectivity index (χ2n) is 6.99. The average Bonchev–Trinajstić information content (AvgIpc) is 2.97. The van der Waals surface area contributed by atoms with Crippen LogP contribution in [0.4, 0.5) is 5.69 Å². The highest BCUT2D eigenvalue weighted by Gasteiger charge is 2.11. The van der Waals surface area contributed by atoms with E-state index in [4.69, 9.17) is 0 Å². The highest BCUT2D eigenvalue weighted by atomic mass is 16.2. The molecule has 0 atom stereocenters. The van der Waals surface area contributed by atoms with Crippen molar-refractivity contribution < 1.29 is 4.79 Å². The summed E-state index contributed by atoms with van der Waals surface area (Å²) in [5, 5.41) is 0. The van der Waals surface area contributed by atoms with Gasteiger partial charge in [0.05, 0.1) is 5.56 Å². The van der Waals surface area contributed by atoms with Crippen molar-refractivity contribution in [2.75, 3.05) is 18.0 Å². The Labute approximate surface area is 158 Å². The smallest absolute Gasteiger partial charge is 0.330 e. The van der Waals surface area contributed by atoms with Gasteiger partial charge in [-0.2, -0.15) is 0 Å². The van der Waals surface area contributed by atoms with Gasteiger partial charge >= 0.3 is 5.69 Å². The van der Waals surface area contributed by atoms with Gasteiger partial charge < -0.3 is 9.47 Å². The average molecular weight is 367 g/mol. The molecule has 6 nitrogen and oxygen atoms in total. The van der Waals surface area contributed by atoms with Gasteiger partial charge in [0, 0.05) is 44.6 Å². The van der Waals surface area contributed by atoms with E-state index < -0.39 is 11.2 Å². The third-order valence-corrected chi connectivity index (χ3v) is 5.01. The molecule has 1 saturated heterocycles. The molecule has 1 aliphatic rings. The summed E-state index contributed by atoms with van der Waals surface area (Å²) in [6.07, 6.45) is 9.26. The van der Waals surface area contributed by atoms with E-state index in [1.807, 2.05) is 24.3 Å². The fourth-order valence-electron chi connectivity index (χ4n) is 3.38. The largest absolute Gasteiger partial charge is 0.372 e. The third kappa shape index (κ3) is 4.27. The molecule has 1 aliphatic heterocycles. The van der Waals surface area contributed by atoms with Crippen LogP contribution in [0.5, 0.6) is 0 Å². The van der Waals surface area contributed by atoms with Crippen molar-refractivity contribution in [1.29, 1.82) is 0 Å². The van der Waals surface area contributed by atoms with Crippen LogP contribution in [0, 0.1) is 0 Å². The van der Waals surface area contributed by atoms with Crippen LogP contribution in [0.2, 0.25) is 0 Å². The summed E-state index contributed by atoms with van der Waals surface area (Å²) in [5.74, 6) is -0.173. The maximum absolute atomic E-state index is 12.4. The molecule has 0 N–H and O–H groups in total. The first-order valence-electron chi connectivity index (χ1n) is 9.31. The monoisotopic (exact) mass is 367 g/mol. The van der Waals surface area contributed by atoms with Crippen LogP contribution >= 0.6 is 0 Å². The van der Waals surface area contributed by atoms with Crippen LogP contribution in [0.1, 0.15) is 41.6 Å². The van der Waals surface area contributed by atoms with E-state index in [1.165, 1.54) is 55.6 Å². The topological polar surface area (TPSA) is 64.3 Å². The summed E-state index contributed by atoms with van der Waals surface area (Å²) in [7, 11) is 2.99. The van der Waals surface area contributed by atoms with Crippen LogP contribution < -0.4 is 16.1 Å². The van der Waals surface area contributed by atoms with Crippen LogP contribution in [-0.4, -0.2) is 28.0 Å². The Balaban J connectivity index is 1.76. The number of aromatic nitrogens is 2. The van der Waals surface area contributed by atoms with Gasteiger partial charge in [-0.05, 0) is 49.3 Å². The molecule has 6 heteroatoms. The molecule has 0 aliphatic carbocycles. The summed E-state index contributed by atoms with van der Waals surface area (Å²) in [6.45, 7) is 2.12. The summed E-state index contributed by atoms with van der Waals surface area (Å²) < 4.78 is 2.35. The molecule has 0 bridgehead atoms. The van der Waals surface area contributed by atoms with Gasteiger partial charge in [-0.1, -0.05) is 12.8 Å². The lowest BCUT2D eigenvalue weighted by Gasteiger charge is -2.22. The minimum absolute atomic E-state index is 0.173. The fourth-order valence-corrected chi connectivity index (χ4v) is 3.38. The van der Waals surface area contributed by atoms with Crippen molar-refractivity contribution in [3.8, 4) is 0 Å². The number of benzene rings is 1. The van der Waals surface area contributed by atoms with Gasteiger partial charge in [0.25, 0.3) is 5.56 Å². The van der Waals surface area contributed by atoms with Gasteiger partial charge in [-0.3, -0.25) is 14.2 Å². The van der Waals surface area contributed by atoms with E-state index in [-0.39, 0.29) is 5.78 Å².